The fourth-order valence-corrected chi connectivity index (χ4v) is 2.61. The van der Waals surface area contributed by atoms with Crippen molar-refractivity contribution in [1.29, 1.82) is 0 Å². The summed E-state index contributed by atoms with van der Waals surface area (Å²) in [6.07, 6.45) is 5.40. The SMILES string of the molecule is C=C(c1ccc(C)cc1)C1CCC(C)CC1. The summed E-state index contributed by atoms with van der Waals surface area (Å²) in [6, 6.07) is 8.81. The molecule has 1 aliphatic carbocycles. The highest BCUT2D eigenvalue weighted by molar-refractivity contribution is 5.65. The summed E-state index contributed by atoms with van der Waals surface area (Å²) >= 11 is 0. The van der Waals surface area contributed by atoms with Crippen LogP contribution in [-0.2, 0) is 0 Å². The van der Waals surface area contributed by atoms with Gasteiger partial charge >= 0.3 is 0 Å². The molecule has 0 radical (unpaired) electrons. The predicted molar refractivity (Wildman–Crippen MR) is 71.3 cm³/mol. The molecule has 0 amide bonds. The van der Waals surface area contributed by atoms with Gasteiger partial charge in [0.15, 0.2) is 0 Å². The molecule has 1 aromatic carbocycles. The van der Waals surface area contributed by atoms with Crippen molar-refractivity contribution in [2.45, 2.75) is 39.5 Å². The molecule has 1 fully saturated rings. The first-order chi connectivity index (χ1) is 7.66. The molecule has 0 bridgehead atoms. The van der Waals surface area contributed by atoms with E-state index < -0.39 is 0 Å². The molecule has 0 heterocycles. The predicted octanol–water partition coefficient (Wildman–Crippen LogP) is 4.83. The summed E-state index contributed by atoms with van der Waals surface area (Å²) in [5.41, 5.74) is 4.02. The molecular formula is C16H22. The second kappa shape index (κ2) is 4.86. The van der Waals surface area contributed by atoms with Crippen LogP contribution in [0.15, 0.2) is 30.8 Å². The van der Waals surface area contributed by atoms with Crippen LogP contribution in [0, 0.1) is 18.8 Å². The molecule has 0 atom stereocenters. The van der Waals surface area contributed by atoms with Gasteiger partial charge in [-0.25, -0.2) is 0 Å². The molecule has 0 spiro atoms. The van der Waals surface area contributed by atoms with Crippen molar-refractivity contribution in [3.05, 3.63) is 42.0 Å². The minimum absolute atomic E-state index is 0.721. The Morgan fingerprint density at radius 1 is 1.06 bits per heavy atom. The zero-order valence-corrected chi connectivity index (χ0v) is 10.5. The fraction of sp³-hybridized carbons (Fsp3) is 0.500. The van der Waals surface area contributed by atoms with Crippen LogP contribution in [0.5, 0.6) is 0 Å². The highest BCUT2D eigenvalue weighted by atomic mass is 14.3. The second-order valence-electron chi connectivity index (χ2n) is 5.35. The maximum atomic E-state index is 4.30. The highest BCUT2D eigenvalue weighted by Crippen LogP contribution is 2.36. The van der Waals surface area contributed by atoms with Crippen molar-refractivity contribution in [3.8, 4) is 0 Å². The first-order valence-electron chi connectivity index (χ1n) is 6.42. The average Bonchev–Trinajstić information content (AvgIpc) is 2.30. The molecule has 0 heteroatoms. The standard InChI is InChI=1S/C16H22/c1-12-4-8-15(9-5-12)14(3)16-10-6-13(2)7-11-16/h4-5,8-9,13,16H,3,6-7,10-11H2,1-2H3. The molecule has 0 aromatic heterocycles. The topological polar surface area (TPSA) is 0 Å². The van der Waals surface area contributed by atoms with Gasteiger partial charge in [-0.05, 0) is 42.7 Å². The van der Waals surface area contributed by atoms with Crippen molar-refractivity contribution in [2.24, 2.45) is 11.8 Å². The largest absolute Gasteiger partial charge is 0.0950 e. The van der Waals surface area contributed by atoms with Crippen molar-refractivity contribution >= 4 is 5.57 Å². The van der Waals surface area contributed by atoms with Crippen LogP contribution in [0.3, 0.4) is 0 Å². The molecule has 1 aromatic rings. The molecule has 1 saturated carbocycles. The van der Waals surface area contributed by atoms with Crippen LogP contribution in [-0.4, -0.2) is 0 Å². The van der Waals surface area contributed by atoms with Gasteiger partial charge in [-0.2, -0.15) is 0 Å². The lowest BCUT2D eigenvalue weighted by Gasteiger charge is -2.28. The quantitative estimate of drug-likeness (QED) is 0.661. The minimum atomic E-state index is 0.721. The summed E-state index contributed by atoms with van der Waals surface area (Å²) in [6.45, 7) is 8.80. The molecule has 2 rings (SSSR count). The first kappa shape index (κ1) is 11.4. The highest BCUT2D eigenvalue weighted by Gasteiger charge is 2.20. The van der Waals surface area contributed by atoms with Gasteiger partial charge in [0.05, 0.1) is 0 Å². The number of hydrogen-bond acceptors (Lipinski definition) is 0. The molecule has 0 saturated heterocycles. The Bertz CT molecular complexity index is 350. The van der Waals surface area contributed by atoms with Crippen LogP contribution in [0.4, 0.5) is 0 Å². The van der Waals surface area contributed by atoms with Crippen molar-refractivity contribution in [3.63, 3.8) is 0 Å². The maximum Gasteiger partial charge on any atom is -0.0162 e. The molecule has 86 valence electrons. The molecule has 0 aliphatic heterocycles. The molecule has 1 aliphatic rings. The third-order valence-corrected chi connectivity index (χ3v) is 3.93. The Kier molecular flexibility index (Phi) is 3.48. The van der Waals surface area contributed by atoms with Gasteiger partial charge in [-0.1, -0.05) is 56.2 Å². The van der Waals surface area contributed by atoms with E-state index in [2.05, 4.69) is 44.7 Å². The Morgan fingerprint density at radius 2 is 1.62 bits per heavy atom. The summed E-state index contributed by atoms with van der Waals surface area (Å²) < 4.78 is 0. The third kappa shape index (κ3) is 2.55. The van der Waals surface area contributed by atoms with Crippen LogP contribution in [0.2, 0.25) is 0 Å². The minimum Gasteiger partial charge on any atom is -0.0950 e. The summed E-state index contributed by atoms with van der Waals surface area (Å²) in [4.78, 5) is 0. The fourth-order valence-electron chi connectivity index (χ4n) is 2.61. The molecule has 16 heavy (non-hydrogen) atoms. The van der Waals surface area contributed by atoms with Crippen LogP contribution < -0.4 is 0 Å². The maximum absolute atomic E-state index is 4.30. The number of benzene rings is 1. The van der Waals surface area contributed by atoms with Crippen LogP contribution in [0.25, 0.3) is 5.57 Å². The van der Waals surface area contributed by atoms with E-state index in [1.54, 1.807) is 0 Å². The number of hydrogen-bond donors (Lipinski definition) is 0. The Morgan fingerprint density at radius 3 is 2.19 bits per heavy atom. The van der Waals surface area contributed by atoms with E-state index in [1.165, 1.54) is 42.4 Å². The third-order valence-electron chi connectivity index (χ3n) is 3.93. The first-order valence-corrected chi connectivity index (χ1v) is 6.42. The van der Waals surface area contributed by atoms with Gasteiger partial charge in [-0.3, -0.25) is 0 Å². The van der Waals surface area contributed by atoms with Gasteiger partial charge in [-0.15, -0.1) is 0 Å². The Balaban J connectivity index is 2.05. The van der Waals surface area contributed by atoms with Gasteiger partial charge < -0.3 is 0 Å². The number of aryl methyl sites for hydroxylation is 1. The van der Waals surface area contributed by atoms with E-state index in [0.717, 1.165) is 11.8 Å². The van der Waals surface area contributed by atoms with Crippen molar-refractivity contribution in [1.82, 2.24) is 0 Å². The Hall–Kier alpha value is -1.04. The zero-order valence-electron chi connectivity index (χ0n) is 10.5. The van der Waals surface area contributed by atoms with E-state index in [9.17, 15) is 0 Å². The normalized spacial score (nSPS) is 25.4. The zero-order chi connectivity index (χ0) is 11.5. The Labute approximate surface area is 99.4 Å². The van der Waals surface area contributed by atoms with E-state index in [-0.39, 0.29) is 0 Å². The smallest absolute Gasteiger partial charge is 0.0162 e. The lowest BCUT2D eigenvalue weighted by atomic mass is 9.78. The van der Waals surface area contributed by atoms with E-state index >= 15 is 0 Å². The molecule has 0 nitrogen and oxygen atoms in total. The van der Waals surface area contributed by atoms with Gasteiger partial charge in [0.1, 0.15) is 0 Å². The second-order valence-corrected chi connectivity index (χ2v) is 5.35. The van der Waals surface area contributed by atoms with Gasteiger partial charge in [0, 0.05) is 0 Å². The number of rotatable bonds is 2. The molecule has 0 N–H and O–H groups in total. The molecular weight excluding hydrogens is 192 g/mol. The monoisotopic (exact) mass is 214 g/mol. The van der Waals surface area contributed by atoms with Crippen molar-refractivity contribution in [2.75, 3.05) is 0 Å². The van der Waals surface area contributed by atoms with Crippen LogP contribution >= 0.6 is 0 Å². The summed E-state index contributed by atoms with van der Waals surface area (Å²) in [5.74, 6) is 1.64. The average molecular weight is 214 g/mol. The van der Waals surface area contributed by atoms with E-state index in [0.29, 0.717) is 0 Å². The van der Waals surface area contributed by atoms with Crippen LogP contribution in [0.1, 0.15) is 43.7 Å². The van der Waals surface area contributed by atoms with Gasteiger partial charge in [0.25, 0.3) is 0 Å². The van der Waals surface area contributed by atoms with Gasteiger partial charge in [0.2, 0.25) is 0 Å². The molecule has 0 unspecified atom stereocenters. The number of allylic oxidation sites excluding steroid dienone is 1. The summed E-state index contributed by atoms with van der Waals surface area (Å²) in [7, 11) is 0. The lowest BCUT2D eigenvalue weighted by molar-refractivity contribution is 0.337. The van der Waals surface area contributed by atoms with E-state index in [4.69, 9.17) is 0 Å². The van der Waals surface area contributed by atoms with Crippen molar-refractivity contribution < 1.29 is 0 Å². The van der Waals surface area contributed by atoms with E-state index in [1.807, 2.05) is 0 Å². The summed E-state index contributed by atoms with van der Waals surface area (Å²) in [5, 5.41) is 0. The lowest BCUT2D eigenvalue weighted by Crippen LogP contribution is -2.13.